The molecule has 2 aromatic heterocycles. The summed E-state index contributed by atoms with van der Waals surface area (Å²) in [6, 6.07) is 10.7. The number of benzene rings is 1. The third-order valence-electron chi connectivity index (χ3n) is 3.20. The van der Waals surface area contributed by atoms with Crippen molar-refractivity contribution in [1.82, 2.24) is 30.5 Å². The summed E-state index contributed by atoms with van der Waals surface area (Å²) in [6.07, 6.45) is 3.83. The Morgan fingerprint density at radius 1 is 1.26 bits per heavy atom. The van der Waals surface area contributed by atoms with Crippen LogP contribution in [-0.2, 0) is 6.42 Å². The van der Waals surface area contributed by atoms with Crippen LogP contribution in [0.4, 0.5) is 0 Å². The quantitative estimate of drug-likeness (QED) is 0.770. The predicted molar refractivity (Wildman–Crippen MR) is 84.4 cm³/mol. The molecule has 8 heteroatoms. The van der Waals surface area contributed by atoms with Crippen molar-refractivity contribution in [2.75, 3.05) is 6.54 Å². The van der Waals surface area contributed by atoms with Crippen molar-refractivity contribution < 1.29 is 4.79 Å². The summed E-state index contributed by atoms with van der Waals surface area (Å²) in [5.41, 5.74) is 1.95. The molecule has 1 amide bonds. The highest BCUT2D eigenvalue weighted by Crippen LogP contribution is 2.19. The zero-order valence-electron chi connectivity index (χ0n) is 12.1. The van der Waals surface area contributed by atoms with E-state index in [0.717, 1.165) is 5.69 Å². The predicted octanol–water partition coefficient (Wildman–Crippen LogP) is 1.68. The fourth-order valence-corrected chi connectivity index (χ4v) is 2.26. The molecular weight excluding hydrogens is 316 g/mol. The second-order valence-electron chi connectivity index (χ2n) is 4.75. The zero-order valence-corrected chi connectivity index (χ0v) is 12.8. The van der Waals surface area contributed by atoms with E-state index < -0.39 is 0 Å². The third-order valence-corrected chi connectivity index (χ3v) is 3.53. The summed E-state index contributed by atoms with van der Waals surface area (Å²) in [4.78, 5) is 16.5. The van der Waals surface area contributed by atoms with Gasteiger partial charge in [0.2, 0.25) is 0 Å². The van der Waals surface area contributed by atoms with E-state index in [4.69, 9.17) is 11.6 Å². The molecule has 7 nitrogen and oxygen atoms in total. The monoisotopic (exact) mass is 328 g/mol. The van der Waals surface area contributed by atoms with Crippen molar-refractivity contribution in [3.8, 4) is 5.69 Å². The number of halogens is 1. The Bertz CT molecular complexity index is 791. The number of nitrogens with one attached hydrogen (secondary N) is 1. The van der Waals surface area contributed by atoms with Crippen molar-refractivity contribution in [2.45, 2.75) is 6.42 Å². The standard InChI is InChI=1S/C15H13ClN6O/c16-14-5-4-12(22-10-19-20-21-22)9-13(14)15(23)18-8-6-11-3-1-2-7-17-11/h1-5,7,9-10H,6,8H2,(H,18,23). The largest absolute Gasteiger partial charge is 0.352 e. The van der Waals surface area contributed by atoms with Crippen LogP contribution in [0.5, 0.6) is 0 Å². The van der Waals surface area contributed by atoms with Gasteiger partial charge in [-0.25, -0.2) is 4.68 Å². The highest BCUT2D eigenvalue weighted by atomic mass is 35.5. The first-order valence-corrected chi connectivity index (χ1v) is 7.33. The minimum Gasteiger partial charge on any atom is -0.352 e. The summed E-state index contributed by atoms with van der Waals surface area (Å²) >= 11 is 6.11. The molecule has 2 heterocycles. The van der Waals surface area contributed by atoms with Crippen LogP contribution < -0.4 is 5.32 Å². The number of tetrazole rings is 1. The van der Waals surface area contributed by atoms with Crippen molar-refractivity contribution in [1.29, 1.82) is 0 Å². The molecule has 0 radical (unpaired) electrons. The van der Waals surface area contributed by atoms with Gasteiger partial charge in [-0.15, -0.1) is 5.10 Å². The SMILES string of the molecule is O=C(NCCc1ccccn1)c1cc(-n2cnnn2)ccc1Cl. The molecule has 0 aliphatic carbocycles. The van der Waals surface area contributed by atoms with Gasteiger partial charge in [0.1, 0.15) is 6.33 Å². The van der Waals surface area contributed by atoms with Crippen LogP contribution in [0.3, 0.4) is 0 Å². The van der Waals surface area contributed by atoms with Crippen molar-refractivity contribution in [3.05, 3.63) is 65.2 Å². The summed E-state index contributed by atoms with van der Waals surface area (Å²) in [5.74, 6) is -0.249. The van der Waals surface area contributed by atoms with Gasteiger partial charge < -0.3 is 5.32 Å². The van der Waals surface area contributed by atoms with E-state index in [1.807, 2.05) is 18.2 Å². The molecule has 1 N–H and O–H groups in total. The van der Waals surface area contributed by atoms with Crippen LogP contribution in [0, 0.1) is 0 Å². The Kier molecular flexibility index (Phi) is 4.58. The van der Waals surface area contributed by atoms with Gasteiger partial charge in [0.05, 0.1) is 16.3 Å². The molecule has 0 unspecified atom stereocenters. The smallest absolute Gasteiger partial charge is 0.252 e. The minimum absolute atomic E-state index is 0.249. The van der Waals surface area contributed by atoms with E-state index in [0.29, 0.717) is 29.2 Å². The molecule has 3 rings (SSSR count). The fourth-order valence-electron chi connectivity index (χ4n) is 2.05. The molecule has 23 heavy (non-hydrogen) atoms. The Balaban J connectivity index is 1.68. The first-order chi connectivity index (χ1) is 11.2. The van der Waals surface area contributed by atoms with Crippen LogP contribution in [0.25, 0.3) is 5.69 Å². The van der Waals surface area contributed by atoms with E-state index in [1.165, 1.54) is 11.0 Å². The van der Waals surface area contributed by atoms with Gasteiger partial charge in [-0.05, 0) is 40.8 Å². The molecule has 0 spiro atoms. The van der Waals surface area contributed by atoms with E-state index >= 15 is 0 Å². The Hall–Kier alpha value is -2.80. The fraction of sp³-hybridized carbons (Fsp3) is 0.133. The number of amides is 1. The Morgan fingerprint density at radius 3 is 2.91 bits per heavy atom. The summed E-state index contributed by atoms with van der Waals surface area (Å²) in [7, 11) is 0. The maximum absolute atomic E-state index is 12.3. The first-order valence-electron chi connectivity index (χ1n) is 6.95. The molecule has 0 bridgehead atoms. The van der Waals surface area contributed by atoms with Crippen molar-refractivity contribution in [3.63, 3.8) is 0 Å². The van der Waals surface area contributed by atoms with Crippen LogP contribution in [0.1, 0.15) is 16.1 Å². The number of hydrogen-bond acceptors (Lipinski definition) is 5. The van der Waals surface area contributed by atoms with Gasteiger partial charge in [0.25, 0.3) is 5.91 Å². The van der Waals surface area contributed by atoms with Crippen LogP contribution in [0.15, 0.2) is 48.9 Å². The van der Waals surface area contributed by atoms with E-state index in [9.17, 15) is 4.79 Å². The maximum atomic E-state index is 12.3. The normalized spacial score (nSPS) is 10.5. The second-order valence-corrected chi connectivity index (χ2v) is 5.15. The van der Waals surface area contributed by atoms with Crippen molar-refractivity contribution >= 4 is 17.5 Å². The molecule has 0 aliphatic rings. The van der Waals surface area contributed by atoms with Gasteiger partial charge in [-0.2, -0.15) is 0 Å². The number of aromatic nitrogens is 5. The molecule has 0 aliphatic heterocycles. The topological polar surface area (TPSA) is 85.6 Å². The van der Waals surface area contributed by atoms with E-state index in [-0.39, 0.29) is 5.91 Å². The minimum atomic E-state index is -0.249. The molecule has 116 valence electrons. The molecule has 0 fully saturated rings. The summed E-state index contributed by atoms with van der Waals surface area (Å²) in [6.45, 7) is 0.473. The highest BCUT2D eigenvalue weighted by Gasteiger charge is 2.12. The van der Waals surface area contributed by atoms with Gasteiger partial charge >= 0.3 is 0 Å². The lowest BCUT2D eigenvalue weighted by Gasteiger charge is -2.08. The Labute approximate surface area is 137 Å². The van der Waals surface area contributed by atoms with Gasteiger partial charge in [0.15, 0.2) is 0 Å². The lowest BCUT2D eigenvalue weighted by molar-refractivity contribution is 0.0954. The first kappa shape index (κ1) is 15.1. The number of pyridine rings is 1. The van der Waals surface area contributed by atoms with E-state index in [2.05, 4.69) is 25.8 Å². The van der Waals surface area contributed by atoms with Crippen molar-refractivity contribution in [2.24, 2.45) is 0 Å². The highest BCUT2D eigenvalue weighted by molar-refractivity contribution is 6.33. The lowest BCUT2D eigenvalue weighted by atomic mass is 10.2. The molecule has 0 saturated carbocycles. The number of carbonyl (C=O) groups is 1. The Morgan fingerprint density at radius 2 is 2.17 bits per heavy atom. The van der Waals surface area contributed by atoms with Gasteiger partial charge in [-0.1, -0.05) is 17.7 Å². The number of carbonyl (C=O) groups excluding carboxylic acids is 1. The average molecular weight is 329 g/mol. The number of nitrogens with zero attached hydrogens (tertiary/aromatic N) is 5. The summed E-state index contributed by atoms with van der Waals surface area (Å²) < 4.78 is 1.46. The molecule has 0 saturated heterocycles. The molecule has 1 aromatic carbocycles. The third kappa shape index (κ3) is 3.70. The molecule has 0 atom stereocenters. The number of hydrogen-bond donors (Lipinski definition) is 1. The van der Waals surface area contributed by atoms with Gasteiger partial charge in [0, 0.05) is 24.9 Å². The second kappa shape index (κ2) is 6.97. The van der Waals surface area contributed by atoms with Crippen LogP contribution >= 0.6 is 11.6 Å². The van der Waals surface area contributed by atoms with E-state index in [1.54, 1.807) is 24.4 Å². The maximum Gasteiger partial charge on any atom is 0.252 e. The number of rotatable bonds is 5. The molecule has 3 aromatic rings. The molecular formula is C15H13ClN6O. The van der Waals surface area contributed by atoms with Crippen LogP contribution in [-0.4, -0.2) is 37.6 Å². The average Bonchev–Trinajstić information content (AvgIpc) is 3.10. The summed E-state index contributed by atoms with van der Waals surface area (Å²) in [5, 5.41) is 14.1. The zero-order chi connectivity index (χ0) is 16.1. The lowest BCUT2D eigenvalue weighted by Crippen LogP contribution is -2.26. The van der Waals surface area contributed by atoms with Crippen LogP contribution in [0.2, 0.25) is 5.02 Å². The van der Waals surface area contributed by atoms with Gasteiger partial charge in [-0.3, -0.25) is 9.78 Å².